The van der Waals surface area contributed by atoms with Gasteiger partial charge in [-0.25, -0.2) is 0 Å². The number of carbonyl (C=O) groups is 1. The first-order valence-electron chi connectivity index (χ1n) is 8.02. The van der Waals surface area contributed by atoms with Crippen LogP contribution in [0, 0.1) is 0 Å². The Bertz CT molecular complexity index is 634. The Kier molecular flexibility index (Phi) is 5.36. The van der Waals surface area contributed by atoms with Crippen molar-refractivity contribution in [3.05, 3.63) is 59.0 Å². The summed E-state index contributed by atoms with van der Waals surface area (Å²) >= 11 is 6.18. The molecule has 0 atom stereocenters. The zero-order chi connectivity index (χ0) is 16.1. The molecule has 4 nitrogen and oxygen atoms in total. The number of aryl methyl sites for hydroxylation is 1. The second kappa shape index (κ2) is 7.66. The predicted molar refractivity (Wildman–Crippen MR) is 90.8 cm³/mol. The van der Waals surface area contributed by atoms with Gasteiger partial charge in [0, 0.05) is 31.2 Å². The smallest absolute Gasteiger partial charge is 0.289 e. The third kappa shape index (κ3) is 4.15. The average Bonchev–Trinajstić information content (AvgIpc) is 3.11. The molecule has 5 heteroatoms. The zero-order valence-corrected chi connectivity index (χ0v) is 13.8. The van der Waals surface area contributed by atoms with Gasteiger partial charge >= 0.3 is 0 Å². The van der Waals surface area contributed by atoms with Crippen molar-refractivity contribution in [1.82, 2.24) is 9.80 Å². The molecule has 122 valence electrons. The summed E-state index contributed by atoms with van der Waals surface area (Å²) in [4.78, 5) is 16.5. The van der Waals surface area contributed by atoms with Crippen LogP contribution in [0.1, 0.15) is 22.5 Å². The second-order valence-corrected chi connectivity index (χ2v) is 6.21. The Morgan fingerprint density at radius 2 is 1.87 bits per heavy atom. The Morgan fingerprint density at radius 1 is 1.09 bits per heavy atom. The maximum Gasteiger partial charge on any atom is 0.289 e. The van der Waals surface area contributed by atoms with Crippen molar-refractivity contribution in [2.45, 2.75) is 12.8 Å². The van der Waals surface area contributed by atoms with Crippen molar-refractivity contribution < 1.29 is 9.21 Å². The van der Waals surface area contributed by atoms with Crippen LogP contribution in [0.2, 0.25) is 5.02 Å². The van der Waals surface area contributed by atoms with E-state index in [1.165, 1.54) is 11.8 Å². The van der Waals surface area contributed by atoms with Gasteiger partial charge in [0.2, 0.25) is 0 Å². The summed E-state index contributed by atoms with van der Waals surface area (Å²) in [6.45, 7) is 4.37. The largest absolute Gasteiger partial charge is 0.459 e. The van der Waals surface area contributed by atoms with Crippen LogP contribution in [0.15, 0.2) is 47.1 Å². The van der Waals surface area contributed by atoms with Gasteiger partial charge in [0.15, 0.2) is 5.76 Å². The van der Waals surface area contributed by atoms with E-state index in [0.29, 0.717) is 5.76 Å². The number of rotatable bonds is 5. The summed E-state index contributed by atoms with van der Waals surface area (Å²) in [6, 6.07) is 11.5. The molecule has 0 unspecified atom stereocenters. The molecule has 0 aliphatic carbocycles. The van der Waals surface area contributed by atoms with E-state index in [-0.39, 0.29) is 5.91 Å². The molecular weight excluding hydrogens is 312 g/mol. The molecule has 1 aliphatic heterocycles. The third-order valence-corrected chi connectivity index (χ3v) is 4.64. The number of hydrogen-bond acceptors (Lipinski definition) is 3. The number of nitrogens with zero attached hydrogens (tertiary/aromatic N) is 2. The van der Waals surface area contributed by atoms with Crippen molar-refractivity contribution in [2.75, 3.05) is 32.7 Å². The fourth-order valence-corrected chi connectivity index (χ4v) is 3.16. The Morgan fingerprint density at radius 3 is 2.57 bits per heavy atom. The van der Waals surface area contributed by atoms with Crippen LogP contribution in [0.25, 0.3) is 0 Å². The number of hydrogen-bond donors (Lipinski definition) is 0. The number of piperazine rings is 1. The number of furan rings is 1. The lowest BCUT2D eigenvalue weighted by atomic mass is 10.1. The van der Waals surface area contributed by atoms with Gasteiger partial charge in [0.05, 0.1) is 6.26 Å². The zero-order valence-electron chi connectivity index (χ0n) is 13.1. The molecule has 1 aromatic heterocycles. The molecule has 2 heterocycles. The third-order valence-electron chi connectivity index (χ3n) is 4.27. The van der Waals surface area contributed by atoms with E-state index in [4.69, 9.17) is 16.0 Å². The first kappa shape index (κ1) is 16.1. The summed E-state index contributed by atoms with van der Waals surface area (Å²) in [7, 11) is 0. The summed E-state index contributed by atoms with van der Waals surface area (Å²) < 4.78 is 5.18. The minimum absolute atomic E-state index is 0.00860. The first-order valence-corrected chi connectivity index (χ1v) is 8.40. The minimum Gasteiger partial charge on any atom is -0.459 e. The summed E-state index contributed by atoms with van der Waals surface area (Å²) in [5.74, 6) is 0.419. The highest BCUT2D eigenvalue weighted by atomic mass is 35.5. The molecular formula is C18H21ClN2O2. The van der Waals surface area contributed by atoms with Gasteiger partial charge in [-0.2, -0.15) is 0 Å². The van der Waals surface area contributed by atoms with E-state index < -0.39 is 0 Å². The maximum absolute atomic E-state index is 12.2. The van der Waals surface area contributed by atoms with Gasteiger partial charge in [-0.05, 0) is 43.1 Å². The fourth-order valence-electron chi connectivity index (χ4n) is 2.92. The lowest BCUT2D eigenvalue weighted by Crippen LogP contribution is -2.48. The van der Waals surface area contributed by atoms with Crippen LogP contribution in [0.4, 0.5) is 0 Å². The number of carbonyl (C=O) groups excluding carboxylic acids is 1. The Hall–Kier alpha value is -1.78. The van der Waals surface area contributed by atoms with E-state index in [2.05, 4.69) is 11.0 Å². The van der Waals surface area contributed by atoms with Gasteiger partial charge in [-0.15, -0.1) is 0 Å². The van der Waals surface area contributed by atoms with Crippen LogP contribution in [-0.2, 0) is 6.42 Å². The topological polar surface area (TPSA) is 36.7 Å². The monoisotopic (exact) mass is 332 g/mol. The van der Waals surface area contributed by atoms with E-state index in [1.807, 2.05) is 23.1 Å². The van der Waals surface area contributed by atoms with E-state index in [1.54, 1.807) is 12.1 Å². The SMILES string of the molecule is O=C(c1ccco1)N1CCN(CCCc2ccccc2Cl)CC1. The van der Waals surface area contributed by atoms with Gasteiger partial charge in [-0.3, -0.25) is 9.69 Å². The molecule has 1 fully saturated rings. The van der Waals surface area contributed by atoms with Crippen LogP contribution in [0.3, 0.4) is 0 Å². The number of benzene rings is 1. The van der Waals surface area contributed by atoms with E-state index >= 15 is 0 Å². The molecule has 23 heavy (non-hydrogen) atoms. The van der Waals surface area contributed by atoms with Crippen LogP contribution in [-0.4, -0.2) is 48.4 Å². The van der Waals surface area contributed by atoms with Crippen molar-refractivity contribution in [3.63, 3.8) is 0 Å². The highest BCUT2D eigenvalue weighted by Crippen LogP contribution is 2.17. The van der Waals surface area contributed by atoms with Crippen LogP contribution >= 0.6 is 11.6 Å². The normalized spacial score (nSPS) is 15.8. The summed E-state index contributed by atoms with van der Waals surface area (Å²) in [5, 5.41) is 0.848. The first-order chi connectivity index (χ1) is 11.2. The van der Waals surface area contributed by atoms with Crippen molar-refractivity contribution in [3.8, 4) is 0 Å². The fraction of sp³-hybridized carbons (Fsp3) is 0.389. The lowest BCUT2D eigenvalue weighted by Gasteiger charge is -2.34. The molecule has 0 N–H and O–H groups in total. The number of amides is 1. The van der Waals surface area contributed by atoms with Gasteiger partial charge in [-0.1, -0.05) is 29.8 Å². The highest BCUT2D eigenvalue weighted by Gasteiger charge is 2.23. The maximum atomic E-state index is 12.2. The molecule has 0 saturated carbocycles. The van der Waals surface area contributed by atoms with E-state index in [9.17, 15) is 4.79 Å². The summed E-state index contributed by atoms with van der Waals surface area (Å²) in [6.07, 6.45) is 3.61. The molecule has 0 spiro atoms. The molecule has 1 aliphatic rings. The highest BCUT2D eigenvalue weighted by molar-refractivity contribution is 6.31. The lowest BCUT2D eigenvalue weighted by molar-refractivity contribution is 0.0605. The summed E-state index contributed by atoms with van der Waals surface area (Å²) in [5.41, 5.74) is 1.21. The average molecular weight is 333 g/mol. The van der Waals surface area contributed by atoms with Gasteiger partial charge in [0.25, 0.3) is 5.91 Å². The predicted octanol–water partition coefficient (Wildman–Crippen LogP) is 3.32. The van der Waals surface area contributed by atoms with Gasteiger partial charge in [0.1, 0.15) is 0 Å². The number of halogens is 1. The standard InChI is InChI=1S/C18H21ClN2O2/c19-16-7-2-1-5-15(16)6-3-9-20-10-12-21(13-11-20)18(22)17-8-4-14-23-17/h1-2,4-5,7-8,14H,3,6,9-13H2. The quantitative estimate of drug-likeness (QED) is 0.842. The molecule has 1 amide bonds. The second-order valence-electron chi connectivity index (χ2n) is 5.81. The van der Waals surface area contributed by atoms with Crippen LogP contribution in [0.5, 0.6) is 0 Å². The van der Waals surface area contributed by atoms with Crippen molar-refractivity contribution in [1.29, 1.82) is 0 Å². The molecule has 0 radical (unpaired) electrons. The van der Waals surface area contributed by atoms with Crippen LogP contribution < -0.4 is 0 Å². The molecule has 3 rings (SSSR count). The molecule has 2 aromatic rings. The molecule has 1 saturated heterocycles. The Labute approximate surface area is 141 Å². The Balaban J connectivity index is 1.41. The minimum atomic E-state index is -0.00860. The molecule has 0 bridgehead atoms. The van der Waals surface area contributed by atoms with Crippen molar-refractivity contribution >= 4 is 17.5 Å². The van der Waals surface area contributed by atoms with Crippen molar-refractivity contribution in [2.24, 2.45) is 0 Å². The van der Waals surface area contributed by atoms with Gasteiger partial charge < -0.3 is 9.32 Å². The van der Waals surface area contributed by atoms with E-state index in [0.717, 1.165) is 50.6 Å². The molecule has 1 aromatic carbocycles.